The molecule has 1 saturated heterocycles. The van der Waals surface area contributed by atoms with Gasteiger partial charge in [-0.05, 0) is 54.7 Å². The molecule has 0 radical (unpaired) electrons. The van der Waals surface area contributed by atoms with Gasteiger partial charge in [0.05, 0.1) is 5.60 Å². The molecule has 1 aliphatic carbocycles. The molecule has 2 aromatic rings. The minimum Gasteiger partial charge on any atom is -0.454 e. The van der Waals surface area contributed by atoms with Crippen LogP contribution < -0.4 is 9.47 Å². The van der Waals surface area contributed by atoms with Gasteiger partial charge in [-0.25, -0.2) is 4.39 Å². The van der Waals surface area contributed by atoms with E-state index in [0.717, 1.165) is 61.3 Å². The van der Waals surface area contributed by atoms with Crippen LogP contribution >= 0.6 is 0 Å². The number of halogens is 1. The van der Waals surface area contributed by atoms with E-state index >= 15 is 0 Å². The van der Waals surface area contributed by atoms with Crippen molar-refractivity contribution in [2.75, 3.05) is 13.3 Å². The third-order valence-corrected chi connectivity index (χ3v) is 6.68. The number of fused-ring (bicyclic) bond motifs is 2. The molecule has 0 spiro atoms. The van der Waals surface area contributed by atoms with Gasteiger partial charge < -0.3 is 14.6 Å². The van der Waals surface area contributed by atoms with Crippen LogP contribution in [0, 0.1) is 11.7 Å². The highest BCUT2D eigenvalue weighted by Gasteiger charge is 2.49. The van der Waals surface area contributed by atoms with Crippen molar-refractivity contribution < 1.29 is 19.0 Å². The molecule has 3 aliphatic rings. The lowest BCUT2D eigenvalue weighted by Crippen LogP contribution is -2.54. The highest BCUT2D eigenvalue weighted by atomic mass is 19.1. The maximum Gasteiger partial charge on any atom is 0.231 e. The van der Waals surface area contributed by atoms with E-state index < -0.39 is 5.60 Å². The second kappa shape index (κ2) is 7.05. The summed E-state index contributed by atoms with van der Waals surface area (Å²) in [6.07, 6.45) is 4.88. The van der Waals surface area contributed by atoms with E-state index in [9.17, 15) is 9.50 Å². The summed E-state index contributed by atoms with van der Waals surface area (Å²) in [5.74, 6) is 1.51. The van der Waals surface area contributed by atoms with Crippen LogP contribution in [0.3, 0.4) is 0 Å². The van der Waals surface area contributed by atoms with E-state index in [1.807, 2.05) is 12.1 Å². The van der Waals surface area contributed by atoms with Gasteiger partial charge in [0.15, 0.2) is 11.5 Å². The maximum atomic E-state index is 13.7. The molecule has 1 N–H and O–H groups in total. The van der Waals surface area contributed by atoms with Crippen LogP contribution in [0.5, 0.6) is 11.5 Å². The van der Waals surface area contributed by atoms with Gasteiger partial charge >= 0.3 is 0 Å². The minimum absolute atomic E-state index is 0.0804. The Morgan fingerprint density at radius 2 is 1.96 bits per heavy atom. The topological polar surface area (TPSA) is 41.9 Å². The van der Waals surface area contributed by atoms with Gasteiger partial charge in [0.1, 0.15) is 5.82 Å². The Kier molecular flexibility index (Phi) is 4.52. The van der Waals surface area contributed by atoms with E-state index in [1.165, 1.54) is 6.07 Å². The number of piperidine rings is 1. The fraction of sp³-hybridized carbons (Fsp3) is 0.478. The molecule has 1 saturated carbocycles. The second-order valence-corrected chi connectivity index (χ2v) is 8.36. The number of nitrogens with zero attached hydrogens (tertiary/aromatic N) is 1. The molecule has 2 heterocycles. The molecule has 0 bridgehead atoms. The summed E-state index contributed by atoms with van der Waals surface area (Å²) in [5, 5.41) is 11.4. The van der Waals surface area contributed by atoms with Crippen molar-refractivity contribution in [3.8, 4) is 11.5 Å². The number of likely N-dealkylation sites (tertiary alicyclic amines) is 1. The molecule has 0 unspecified atom stereocenters. The zero-order chi connectivity index (χ0) is 19.1. The average Bonchev–Trinajstić information content (AvgIpc) is 3.16. The standard InChI is InChI=1S/C23H26FNO3/c24-18-5-3-4-16(12-18)14-25-11-10-23(26)9-2-1-6-19(23)22(25)17-7-8-20-21(13-17)28-15-27-20/h3-5,7-8,12-13,19,22,26H,1-2,6,9-11,14-15H2/t19-,22-,23-/m0/s1. The van der Waals surface area contributed by atoms with Crippen LogP contribution in [-0.2, 0) is 6.54 Å². The van der Waals surface area contributed by atoms with Crippen molar-refractivity contribution >= 4 is 0 Å². The molecule has 5 heteroatoms. The quantitative estimate of drug-likeness (QED) is 0.852. The molecule has 0 amide bonds. The second-order valence-electron chi connectivity index (χ2n) is 8.36. The van der Waals surface area contributed by atoms with Gasteiger partial charge in [-0.15, -0.1) is 0 Å². The molecule has 2 aliphatic heterocycles. The van der Waals surface area contributed by atoms with Gasteiger partial charge in [-0.1, -0.05) is 31.0 Å². The monoisotopic (exact) mass is 383 g/mol. The third-order valence-electron chi connectivity index (χ3n) is 6.68. The van der Waals surface area contributed by atoms with Crippen molar-refractivity contribution in [2.24, 2.45) is 5.92 Å². The number of aliphatic hydroxyl groups is 1. The molecule has 4 nitrogen and oxygen atoms in total. The van der Waals surface area contributed by atoms with Gasteiger partial charge in [0.25, 0.3) is 0 Å². The van der Waals surface area contributed by atoms with Gasteiger partial charge in [-0.2, -0.15) is 0 Å². The van der Waals surface area contributed by atoms with Crippen molar-refractivity contribution in [3.05, 3.63) is 59.4 Å². The lowest BCUT2D eigenvalue weighted by molar-refractivity contribution is -0.126. The number of benzene rings is 2. The van der Waals surface area contributed by atoms with Crippen molar-refractivity contribution in [2.45, 2.75) is 50.3 Å². The Hall–Kier alpha value is -2.11. The normalized spacial score (nSPS) is 29.5. The van der Waals surface area contributed by atoms with E-state index in [2.05, 4.69) is 17.0 Å². The summed E-state index contributed by atoms with van der Waals surface area (Å²) in [6.45, 7) is 1.72. The Balaban J connectivity index is 1.51. The zero-order valence-electron chi connectivity index (χ0n) is 15.9. The van der Waals surface area contributed by atoms with Crippen LogP contribution in [-0.4, -0.2) is 28.9 Å². The van der Waals surface area contributed by atoms with Crippen molar-refractivity contribution in [1.29, 1.82) is 0 Å². The summed E-state index contributed by atoms with van der Waals surface area (Å²) < 4.78 is 24.8. The molecule has 148 valence electrons. The smallest absolute Gasteiger partial charge is 0.231 e. The van der Waals surface area contributed by atoms with Crippen LogP contribution in [0.25, 0.3) is 0 Å². The van der Waals surface area contributed by atoms with Crippen molar-refractivity contribution in [3.63, 3.8) is 0 Å². The Bertz CT molecular complexity index is 873. The van der Waals surface area contributed by atoms with Gasteiger partial charge in [0.2, 0.25) is 6.79 Å². The summed E-state index contributed by atoms with van der Waals surface area (Å²) in [7, 11) is 0. The number of rotatable bonds is 3. The highest BCUT2D eigenvalue weighted by Crippen LogP contribution is 2.50. The first-order valence-corrected chi connectivity index (χ1v) is 10.2. The fourth-order valence-electron chi connectivity index (χ4n) is 5.33. The molecular weight excluding hydrogens is 357 g/mol. The largest absolute Gasteiger partial charge is 0.454 e. The number of hydrogen-bond acceptors (Lipinski definition) is 4. The molecule has 2 fully saturated rings. The summed E-state index contributed by atoms with van der Waals surface area (Å²) in [5.41, 5.74) is 1.50. The lowest BCUT2D eigenvalue weighted by atomic mass is 9.66. The van der Waals surface area contributed by atoms with E-state index in [0.29, 0.717) is 6.54 Å². The zero-order valence-corrected chi connectivity index (χ0v) is 15.9. The van der Waals surface area contributed by atoms with Gasteiger partial charge in [0, 0.05) is 25.0 Å². The first-order valence-electron chi connectivity index (χ1n) is 10.2. The van der Waals surface area contributed by atoms with Crippen LogP contribution in [0.2, 0.25) is 0 Å². The van der Waals surface area contributed by atoms with E-state index in [1.54, 1.807) is 12.1 Å². The first kappa shape index (κ1) is 18.0. The predicted octanol–water partition coefficient (Wildman–Crippen LogP) is 4.42. The van der Waals surface area contributed by atoms with Crippen molar-refractivity contribution in [1.82, 2.24) is 4.90 Å². The van der Waals surface area contributed by atoms with Crippen LogP contribution in [0.15, 0.2) is 42.5 Å². The summed E-state index contributed by atoms with van der Waals surface area (Å²) >= 11 is 0. The highest BCUT2D eigenvalue weighted by molar-refractivity contribution is 5.45. The minimum atomic E-state index is -0.613. The summed E-state index contributed by atoms with van der Waals surface area (Å²) in [4.78, 5) is 2.40. The molecular formula is C23H26FNO3. The molecule has 2 aromatic carbocycles. The number of ether oxygens (including phenoxy) is 2. The van der Waals surface area contributed by atoms with Crippen LogP contribution in [0.4, 0.5) is 4.39 Å². The van der Waals surface area contributed by atoms with E-state index in [4.69, 9.17) is 9.47 Å². The molecule has 28 heavy (non-hydrogen) atoms. The lowest BCUT2D eigenvalue weighted by Gasteiger charge is -2.52. The average molecular weight is 383 g/mol. The first-order chi connectivity index (χ1) is 13.6. The summed E-state index contributed by atoms with van der Waals surface area (Å²) in [6, 6.07) is 13.0. The predicted molar refractivity (Wildman–Crippen MR) is 104 cm³/mol. The Labute approximate surface area is 164 Å². The fourth-order valence-corrected chi connectivity index (χ4v) is 5.33. The van der Waals surface area contributed by atoms with Crippen LogP contribution in [0.1, 0.15) is 49.3 Å². The maximum absolute atomic E-state index is 13.7. The Morgan fingerprint density at radius 1 is 1.07 bits per heavy atom. The SMILES string of the molecule is O[C@]12CCCC[C@H]1[C@H](c1ccc3c(c1)OCO3)N(Cc1cccc(F)c1)CC2. The molecule has 0 aromatic heterocycles. The van der Waals surface area contributed by atoms with Gasteiger partial charge in [-0.3, -0.25) is 4.90 Å². The third kappa shape index (κ3) is 3.16. The molecule has 3 atom stereocenters. The van der Waals surface area contributed by atoms with E-state index in [-0.39, 0.29) is 24.6 Å². The molecule has 5 rings (SSSR count). The number of hydrogen-bond donors (Lipinski definition) is 1. The Morgan fingerprint density at radius 3 is 2.86 bits per heavy atom.